The monoisotopic (exact) mass is 322 g/mol. The fourth-order valence-corrected chi connectivity index (χ4v) is 2.67. The number of carbonyl (C=O) groups excluding carboxylic acids is 3. The van der Waals surface area contributed by atoms with E-state index in [2.05, 4.69) is 4.74 Å². The van der Waals surface area contributed by atoms with Gasteiger partial charge in [0.1, 0.15) is 5.76 Å². The van der Waals surface area contributed by atoms with Crippen LogP contribution in [-0.2, 0) is 25.7 Å². The average molecular weight is 322 g/mol. The second-order valence-corrected chi connectivity index (χ2v) is 5.69. The van der Waals surface area contributed by atoms with Crippen LogP contribution in [0.25, 0.3) is 0 Å². The summed E-state index contributed by atoms with van der Waals surface area (Å²) in [5, 5.41) is 0. The molecule has 1 saturated heterocycles. The number of furan rings is 1. The van der Waals surface area contributed by atoms with E-state index in [4.69, 9.17) is 4.42 Å². The summed E-state index contributed by atoms with van der Waals surface area (Å²) in [6.07, 6.45) is 2.61. The van der Waals surface area contributed by atoms with Gasteiger partial charge in [-0.2, -0.15) is 0 Å². The highest BCUT2D eigenvalue weighted by Crippen LogP contribution is 2.22. The van der Waals surface area contributed by atoms with Gasteiger partial charge >= 0.3 is 5.97 Å². The zero-order valence-corrected chi connectivity index (χ0v) is 13.5. The van der Waals surface area contributed by atoms with Crippen molar-refractivity contribution in [3.8, 4) is 0 Å². The lowest BCUT2D eigenvalue weighted by Gasteiger charge is -2.21. The number of amides is 2. The van der Waals surface area contributed by atoms with E-state index in [0.717, 1.165) is 0 Å². The minimum atomic E-state index is -0.333. The third-order valence-electron chi connectivity index (χ3n) is 3.97. The molecule has 7 heteroatoms. The predicted molar refractivity (Wildman–Crippen MR) is 81.1 cm³/mol. The Kier molecular flexibility index (Phi) is 5.78. The van der Waals surface area contributed by atoms with Gasteiger partial charge in [-0.25, -0.2) is 0 Å². The van der Waals surface area contributed by atoms with E-state index in [-0.39, 0.29) is 36.5 Å². The predicted octanol–water partition coefficient (Wildman–Crippen LogP) is 1.04. The van der Waals surface area contributed by atoms with Gasteiger partial charge in [0.05, 0.1) is 25.8 Å². The summed E-state index contributed by atoms with van der Waals surface area (Å²) in [4.78, 5) is 38.7. The van der Waals surface area contributed by atoms with Gasteiger partial charge in [-0.3, -0.25) is 14.4 Å². The van der Waals surface area contributed by atoms with E-state index < -0.39 is 0 Å². The first-order chi connectivity index (χ1) is 11.0. The molecular formula is C16H22N2O5. The molecule has 2 heterocycles. The van der Waals surface area contributed by atoms with Crippen LogP contribution in [0.3, 0.4) is 0 Å². The molecule has 0 spiro atoms. The molecule has 2 rings (SSSR count). The van der Waals surface area contributed by atoms with Crippen molar-refractivity contribution in [1.29, 1.82) is 0 Å². The van der Waals surface area contributed by atoms with Crippen LogP contribution in [-0.4, -0.2) is 54.8 Å². The molecule has 126 valence electrons. The zero-order valence-electron chi connectivity index (χ0n) is 13.5. The van der Waals surface area contributed by atoms with Crippen molar-refractivity contribution in [1.82, 2.24) is 9.80 Å². The van der Waals surface area contributed by atoms with Crippen LogP contribution in [0, 0.1) is 5.92 Å². The smallest absolute Gasteiger partial charge is 0.305 e. The molecule has 1 fully saturated rings. The quantitative estimate of drug-likeness (QED) is 0.701. The Bertz CT molecular complexity index is 555. The fourth-order valence-electron chi connectivity index (χ4n) is 2.67. The van der Waals surface area contributed by atoms with Crippen LogP contribution < -0.4 is 0 Å². The number of hydrogen-bond acceptors (Lipinski definition) is 5. The molecule has 0 N–H and O–H groups in total. The Morgan fingerprint density at radius 3 is 2.91 bits per heavy atom. The number of ether oxygens (including phenoxy) is 1. The lowest BCUT2D eigenvalue weighted by molar-refractivity contribution is -0.141. The van der Waals surface area contributed by atoms with Crippen LogP contribution in [0.1, 0.15) is 25.0 Å². The number of esters is 1. The first-order valence-corrected chi connectivity index (χ1v) is 7.63. The Morgan fingerprint density at radius 1 is 1.48 bits per heavy atom. The molecule has 1 aliphatic heterocycles. The largest absolute Gasteiger partial charge is 0.469 e. The summed E-state index contributed by atoms with van der Waals surface area (Å²) in [6.45, 7) is 1.26. The maximum Gasteiger partial charge on any atom is 0.305 e. The Hall–Kier alpha value is -2.31. The van der Waals surface area contributed by atoms with Gasteiger partial charge in [-0.15, -0.1) is 0 Å². The van der Waals surface area contributed by atoms with E-state index in [1.54, 1.807) is 35.2 Å². The fraction of sp³-hybridized carbons (Fsp3) is 0.562. The number of carbonyl (C=O) groups is 3. The molecule has 1 aromatic heterocycles. The number of methoxy groups -OCH3 is 1. The van der Waals surface area contributed by atoms with E-state index in [1.807, 2.05) is 0 Å². The Balaban J connectivity index is 1.81. The topological polar surface area (TPSA) is 80.1 Å². The normalized spacial score (nSPS) is 17.4. The van der Waals surface area contributed by atoms with Crippen molar-refractivity contribution in [3.05, 3.63) is 24.2 Å². The van der Waals surface area contributed by atoms with Crippen LogP contribution in [0.15, 0.2) is 22.8 Å². The summed E-state index contributed by atoms with van der Waals surface area (Å²) < 4.78 is 9.81. The lowest BCUT2D eigenvalue weighted by Crippen LogP contribution is -2.35. The van der Waals surface area contributed by atoms with E-state index in [9.17, 15) is 14.4 Å². The highest BCUT2D eigenvalue weighted by molar-refractivity contribution is 5.89. The molecule has 23 heavy (non-hydrogen) atoms. The maximum atomic E-state index is 12.4. The van der Waals surface area contributed by atoms with Gasteiger partial charge in [0.15, 0.2) is 0 Å². The van der Waals surface area contributed by atoms with Gasteiger partial charge in [0.2, 0.25) is 11.8 Å². The molecule has 7 nitrogen and oxygen atoms in total. The first-order valence-electron chi connectivity index (χ1n) is 7.63. The molecular weight excluding hydrogens is 300 g/mol. The van der Waals surface area contributed by atoms with Crippen molar-refractivity contribution < 1.29 is 23.5 Å². The van der Waals surface area contributed by atoms with Crippen LogP contribution >= 0.6 is 0 Å². The summed E-state index contributed by atoms with van der Waals surface area (Å²) in [6, 6.07) is 3.58. The summed E-state index contributed by atoms with van der Waals surface area (Å²) >= 11 is 0. The molecule has 0 saturated carbocycles. The van der Waals surface area contributed by atoms with Crippen molar-refractivity contribution in [2.75, 3.05) is 27.2 Å². The van der Waals surface area contributed by atoms with Gasteiger partial charge in [-0.1, -0.05) is 0 Å². The number of hydrogen-bond donors (Lipinski definition) is 0. The molecule has 1 aliphatic rings. The van der Waals surface area contributed by atoms with Gasteiger partial charge < -0.3 is 19.0 Å². The summed E-state index contributed by atoms with van der Waals surface area (Å²) in [5.74, 6) is -0.0159. The van der Waals surface area contributed by atoms with Crippen LogP contribution in [0.5, 0.6) is 0 Å². The summed E-state index contributed by atoms with van der Waals surface area (Å²) in [7, 11) is 3.04. The SMILES string of the molecule is COC(=O)CCCN(C)C(=O)C1CC(=O)N(Cc2ccco2)C1. The average Bonchev–Trinajstić information content (AvgIpc) is 3.17. The molecule has 0 aliphatic carbocycles. The number of nitrogens with zero attached hydrogens (tertiary/aromatic N) is 2. The minimum absolute atomic E-state index is 0.0392. The molecule has 0 bridgehead atoms. The van der Waals surface area contributed by atoms with Crippen LogP contribution in [0.4, 0.5) is 0 Å². The van der Waals surface area contributed by atoms with Crippen molar-refractivity contribution >= 4 is 17.8 Å². The first kappa shape index (κ1) is 17.1. The van der Waals surface area contributed by atoms with E-state index in [1.165, 1.54) is 7.11 Å². The second kappa shape index (κ2) is 7.80. The van der Waals surface area contributed by atoms with Gasteiger partial charge in [0.25, 0.3) is 0 Å². The third-order valence-corrected chi connectivity index (χ3v) is 3.97. The standard InChI is InChI=1S/C16H22N2O5/c1-17(7-3-6-15(20)22-2)16(21)12-9-14(19)18(10-12)11-13-5-4-8-23-13/h4-5,8,12H,3,6-7,9-11H2,1-2H3. The molecule has 1 atom stereocenters. The van der Waals surface area contributed by atoms with Crippen molar-refractivity contribution in [2.45, 2.75) is 25.8 Å². The van der Waals surface area contributed by atoms with Crippen molar-refractivity contribution in [2.24, 2.45) is 5.92 Å². The maximum absolute atomic E-state index is 12.4. The Morgan fingerprint density at radius 2 is 2.26 bits per heavy atom. The Labute approximate surface area is 135 Å². The lowest BCUT2D eigenvalue weighted by atomic mass is 10.1. The molecule has 0 radical (unpaired) electrons. The number of rotatable bonds is 7. The van der Waals surface area contributed by atoms with E-state index >= 15 is 0 Å². The third kappa shape index (κ3) is 4.58. The summed E-state index contributed by atoms with van der Waals surface area (Å²) in [5.41, 5.74) is 0. The molecule has 2 amide bonds. The van der Waals surface area contributed by atoms with Crippen molar-refractivity contribution in [3.63, 3.8) is 0 Å². The molecule has 1 aromatic rings. The second-order valence-electron chi connectivity index (χ2n) is 5.69. The minimum Gasteiger partial charge on any atom is -0.469 e. The van der Waals surface area contributed by atoms with Crippen LogP contribution in [0.2, 0.25) is 0 Å². The zero-order chi connectivity index (χ0) is 16.8. The van der Waals surface area contributed by atoms with Gasteiger partial charge in [-0.05, 0) is 18.6 Å². The van der Waals surface area contributed by atoms with E-state index in [0.29, 0.717) is 31.8 Å². The highest BCUT2D eigenvalue weighted by atomic mass is 16.5. The highest BCUT2D eigenvalue weighted by Gasteiger charge is 2.35. The van der Waals surface area contributed by atoms with Gasteiger partial charge in [0, 0.05) is 33.0 Å². The molecule has 0 aromatic carbocycles. The number of likely N-dealkylation sites (tertiary alicyclic amines) is 1. The molecule has 1 unspecified atom stereocenters.